The monoisotopic (exact) mass is 224 g/mol. The molecule has 1 aromatic carbocycles. The summed E-state index contributed by atoms with van der Waals surface area (Å²) in [5.41, 5.74) is 0.767. The summed E-state index contributed by atoms with van der Waals surface area (Å²) in [6.45, 7) is 3.55. The van der Waals surface area contributed by atoms with Gasteiger partial charge in [-0.2, -0.15) is 0 Å². The molecule has 0 heterocycles. The first-order valence-corrected chi connectivity index (χ1v) is 5.14. The van der Waals surface area contributed by atoms with Crippen LogP contribution in [-0.4, -0.2) is 22.3 Å². The first-order chi connectivity index (χ1) is 7.54. The van der Waals surface area contributed by atoms with Crippen molar-refractivity contribution in [1.82, 2.24) is 0 Å². The van der Waals surface area contributed by atoms with Gasteiger partial charge in [-0.1, -0.05) is 26.0 Å². The van der Waals surface area contributed by atoms with Crippen LogP contribution in [0.5, 0.6) is 5.75 Å². The molecule has 0 amide bonds. The topological polar surface area (TPSA) is 66.8 Å². The van der Waals surface area contributed by atoms with Crippen LogP contribution in [0.1, 0.15) is 19.4 Å². The van der Waals surface area contributed by atoms with Gasteiger partial charge in [0.1, 0.15) is 5.75 Å². The average molecular weight is 224 g/mol. The summed E-state index contributed by atoms with van der Waals surface area (Å²) in [5, 5.41) is 17.8. The molecule has 1 unspecified atom stereocenters. The molecule has 1 rings (SSSR count). The summed E-state index contributed by atoms with van der Waals surface area (Å²) in [6, 6.07) is 6.72. The highest BCUT2D eigenvalue weighted by molar-refractivity contribution is 5.73. The van der Waals surface area contributed by atoms with Gasteiger partial charge in [-0.25, -0.2) is 4.79 Å². The fraction of sp³-hybridized carbons (Fsp3) is 0.417. The SMILES string of the molecule is CC(C)C(Oc1ccc(CO)cc1)C(=O)O. The van der Waals surface area contributed by atoms with Crippen LogP contribution >= 0.6 is 0 Å². The Morgan fingerprint density at radius 1 is 1.31 bits per heavy atom. The molecule has 0 radical (unpaired) electrons. The molecule has 0 aromatic heterocycles. The van der Waals surface area contributed by atoms with Crippen LogP contribution in [0.4, 0.5) is 0 Å². The summed E-state index contributed by atoms with van der Waals surface area (Å²) < 4.78 is 5.36. The Morgan fingerprint density at radius 3 is 2.25 bits per heavy atom. The van der Waals surface area contributed by atoms with Crippen molar-refractivity contribution >= 4 is 5.97 Å². The largest absolute Gasteiger partial charge is 0.478 e. The molecular weight excluding hydrogens is 208 g/mol. The highest BCUT2D eigenvalue weighted by Gasteiger charge is 2.23. The summed E-state index contributed by atoms with van der Waals surface area (Å²) in [6.07, 6.45) is -0.847. The molecule has 16 heavy (non-hydrogen) atoms. The number of benzene rings is 1. The van der Waals surface area contributed by atoms with Crippen LogP contribution in [0.15, 0.2) is 24.3 Å². The van der Waals surface area contributed by atoms with Gasteiger partial charge in [-0.3, -0.25) is 0 Å². The average Bonchev–Trinajstić information content (AvgIpc) is 2.25. The molecule has 2 N–H and O–H groups in total. The summed E-state index contributed by atoms with van der Waals surface area (Å²) >= 11 is 0. The zero-order valence-electron chi connectivity index (χ0n) is 9.38. The number of aliphatic hydroxyl groups excluding tert-OH is 1. The minimum Gasteiger partial charge on any atom is -0.478 e. The van der Waals surface area contributed by atoms with E-state index in [0.717, 1.165) is 5.56 Å². The van der Waals surface area contributed by atoms with Crippen molar-refractivity contribution in [2.24, 2.45) is 5.92 Å². The second kappa shape index (κ2) is 5.51. The van der Waals surface area contributed by atoms with E-state index >= 15 is 0 Å². The molecule has 0 aliphatic heterocycles. The van der Waals surface area contributed by atoms with Crippen molar-refractivity contribution in [2.45, 2.75) is 26.6 Å². The van der Waals surface area contributed by atoms with Crippen molar-refractivity contribution < 1.29 is 19.7 Å². The van der Waals surface area contributed by atoms with Crippen LogP contribution in [0.25, 0.3) is 0 Å². The van der Waals surface area contributed by atoms with Crippen molar-refractivity contribution in [2.75, 3.05) is 0 Å². The molecule has 1 aromatic rings. The van der Waals surface area contributed by atoms with E-state index in [2.05, 4.69) is 0 Å². The second-order valence-corrected chi connectivity index (χ2v) is 3.92. The quantitative estimate of drug-likeness (QED) is 0.798. The highest BCUT2D eigenvalue weighted by atomic mass is 16.5. The van der Waals surface area contributed by atoms with Crippen molar-refractivity contribution in [3.63, 3.8) is 0 Å². The Labute approximate surface area is 94.5 Å². The van der Waals surface area contributed by atoms with Crippen molar-refractivity contribution in [3.05, 3.63) is 29.8 Å². The molecule has 0 bridgehead atoms. The lowest BCUT2D eigenvalue weighted by Crippen LogP contribution is -2.32. The highest BCUT2D eigenvalue weighted by Crippen LogP contribution is 2.17. The maximum Gasteiger partial charge on any atom is 0.345 e. The van der Waals surface area contributed by atoms with Gasteiger partial charge >= 0.3 is 5.97 Å². The van der Waals surface area contributed by atoms with Gasteiger partial charge in [-0.15, -0.1) is 0 Å². The molecule has 0 saturated carbocycles. The molecule has 0 saturated heterocycles. The predicted octanol–water partition coefficient (Wildman–Crippen LogP) is 1.67. The molecule has 4 nitrogen and oxygen atoms in total. The van der Waals surface area contributed by atoms with Gasteiger partial charge in [0.05, 0.1) is 6.61 Å². The van der Waals surface area contributed by atoms with Crippen LogP contribution in [0.3, 0.4) is 0 Å². The third-order valence-corrected chi connectivity index (χ3v) is 2.22. The Balaban J connectivity index is 2.74. The van der Waals surface area contributed by atoms with E-state index in [1.165, 1.54) is 0 Å². The van der Waals surface area contributed by atoms with Crippen LogP contribution in [0, 0.1) is 5.92 Å². The Bertz CT molecular complexity index is 343. The lowest BCUT2D eigenvalue weighted by molar-refractivity contribution is -0.147. The number of hydrogen-bond acceptors (Lipinski definition) is 3. The second-order valence-electron chi connectivity index (χ2n) is 3.92. The molecule has 0 aliphatic rings. The first-order valence-electron chi connectivity index (χ1n) is 5.14. The number of aliphatic hydroxyl groups is 1. The van der Waals surface area contributed by atoms with Gasteiger partial charge in [0.15, 0.2) is 6.10 Å². The van der Waals surface area contributed by atoms with Gasteiger partial charge < -0.3 is 14.9 Å². The zero-order valence-corrected chi connectivity index (χ0v) is 9.38. The number of carboxylic acids is 1. The molecular formula is C12H16O4. The maximum atomic E-state index is 10.9. The smallest absolute Gasteiger partial charge is 0.345 e. The minimum absolute atomic E-state index is 0.0349. The normalized spacial score (nSPS) is 12.5. The molecule has 0 spiro atoms. The zero-order chi connectivity index (χ0) is 12.1. The minimum atomic E-state index is -0.971. The number of ether oxygens (including phenoxy) is 1. The van der Waals surface area contributed by atoms with E-state index in [1.54, 1.807) is 38.1 Å². The van der Waals surface area contributed by atoms with Gasteiger partial charge in [0.2, 0.25) is 0 Å². The maximum absolute atomic E-state index is 10.9. The number of rotatable bonds is 5. The van der Waals surface area contributed by atoms with E-state index in [4.69, 9.17) is 14.9 Å². The van der Waals surface area contributed by atoms with E-state index < -0.39 is 12.1 Å². The number of carboxylic acid groups (broad SMARTS) is 1. The van der Waals surface area contributed by atoms with Gasteiger partial charge in [0.25, 0.3) is 0 Å². The third-order valence-electron chi connectivity index (χ3n) is 2.22. The lowest BCUT2D eigenvalue weighted by atomic mass is 10.1. The standard InChI is InChI=1S/C12H16O4/c1-8(2)11(12(14)15)16-10-5-3-9(7-13)4-6-10/h3-6,8,11,13H,7H2,1-2H3,(H,14,15). The van der Waals surface area contributed by atoms with Gasteiger partial charge in [-0.05, 0) is 17.7 Å². The molecule has 0 fully saturated rings. The Morgan fingerprint density at radius 2 is 1.88 bits per heavy atom. The van der Waals surface area contributed by atoms with Crippen LogP contribution in [-0.2, 0) is 11.4 Å². The van der Waals surface area contributed by atoms with E-state index in [-0.39, 0.29) is 12.5 Å². The lowest BCUT2D eigenvalue weighted by Gasteiger charge is -2.18. The fourth-order valence-corrected chi connectivity index (χ4v) is 1.29. The summed E-state index contributed by atoms with van der Waals surface area (Å²) in [7, 11) is 0. The van der Waals surface area contributed by atoms with E-state index in [1.807, 2.05) is 0 Å². The third kappa shape index (κ3) is 3.24. The molecule has 1 atom stereocenters. The summed E-state index contributed by atoms with van der Waals surface area (Å²) in [4.78, 5) is 10.9. The Kier molecular flexibility index (Phi) is 4.31. The number of carbonyl (C=O) groups is 1. The summed E-state index contributed by atoms with van der Waals surface area (Å²) in [5.74, 6) is -0.574. The van der Waals surface area contributed by atoms with E-state index in [0.29, 0.717) is 5.75 Å². The van der Waals surface area contributed by atoms with Crippen molar-refractivity contribution in [1.29, 1.82) is 0 Å². The predicted molar refractivity (Wildman–Crippen MR) is 59.3 cm³/mol. The van der Waals surface area contributed by atoms with Crippen LogP contribution in [0.2, 0.25) is 0 Å². The first kappa shape index (κ1) is 12.5. The molecule has 0 aliphatic carbocycles. The number of aliphatic carboxylic acids is 1. The van der Waals surface area contributed by atoms with Gasteiger partial charge in [0, 0.05) is 5.92 Å². The Hall–Kier alpha value is -1.55. The molecule has 88 valence electrons. The van der Waals surface area contributed by atoms with Crippen molar-refractivity contribution in [3.8, 4) is 5.75 Å². The fourth-order valence-electron chi connectivity index (χ4n) is 1.29. The number of hydrogen-bond donors (Lipinski definition) is 2. The van der Waals surface area contributed by atoms with E-state index in [9.17, 15) is 4.79 Å². The molecule has 4 heteroatoms. The van der Waals surface area contributed by atoms with Crippen LogP contribution < -0.4 is 4.74 Å².